The summed E-state index contributed by atoms with van der Waals surface area (Å²) in [6.45, 7) is 8.25. The molecule has 4 rings (SSSR count). The molecule has 2 fully saturated rings. The van der Waals surface area contributed by atoms with E-state index in [4.69, 9.17) is 0 Å². The SMILES string of the molecule is CC(C)C(C)N(C(=O)CN1C(=O)c2ccccc2N2C(=O)CCC12C)C1CC1. The zero-order valence-electron chi connectivity index (χ0n) is 17.1. The first-order valence-electron chi connectivity index (χ1n) is 10.3. The third-order valence-corrected chi connectivity index (χ3v) is 6.67. The third kappa shape index (κ3) is 2.81. The number of para-hydroxylation sites is 1. The maximum atomic E-state index is 13.3. The second-order valence-corrected chi connectivity index (χ2v) is 8.87. The van der Waals surface area contributed by atoms with Gasteiger partial charge in [0.15, 0.2) is 0 Å². The summed E-state index contributed by atoms with van der Waals surface area (Å²) in [7, 11) is 0. The summed E-state index contributed by atoms with van der Waals surface area (Å²) in [4.78, 5) is 44.7. The Balaban J connectivity index is 1.68. The number of fused-ring (bicyclic) bond motifs is 3. The molecule has 0 N–H and O–H groups in total. The number of amides is 3. The average Bonchev–Trinajstić information content (AvgIpc) is 3.43. The first kappa shape index (κ1) is 19.0. The average molecular weight is 383 g/mol. The highest BCUT2D eigenvalue weighted by atomic mass is 16.2. The van der Waals surface area contributed by atoms with Gasteiger partial charge in [-0.05, 0) is 51.2 Å². The zero-order valence-corrected chi connectivity index (χ0v) is 17.1. The first-order chi connectivity index (χ1) is 13.3. The quantitative estimate of drug-likeness (QED) is 0.785. The van der Waals surface area contributed by atoms with E-state index >= 15 is 0 Å². The van der Waals surface area contributed by atoms with Crippen LogP contribution in [0.15, 0.2) is 24.3 Å². The summed E-state index contributed by atoms with van der Waals surface area (Å²) in [5.74, 6) is 0.180. The topological polar surface area (TPSA) is 60.9 Å². The minimum atomic E-state index is -0.783. The molecule has 3 amide bonds. The summed E-state index contributed by atoms with van der Waals surface area (Å²) < 4.78 is 0. The molecule has 0 spiro atoms. The number of carbonyl (C=O) groups is 3. The van der Waals surface area contributed by atoms with Crippen LogP contribution in [-0.2, 0) is 9.59 Å². The van der Waals surface area contributed by atoms with E-state index in [-0.39, 0.29) is 36.3 Å². The Bertz CT molecular complexity index is 832. The highest BCUT2D eigenvalue weighted by Crippen LogP contribution is 2.44. The number of nitrogens with zero attached hydrogens (tertiary/aromatic N) is 3. The number of anilines is 1. The lowest BCUT2D eigenvalue weighted by Gasteiger charge is -2.49. The molecule has 1 saturated carbocycles. The van der Waals surface area contributed by atoms with E-state index in [1.54, 1.807) is 21.9 Å². The molecule has 2 heterocycles. The van der Waals surface area contributed by atoms with E-state index in [0.29, 0.717) is 30.0 Å². The zero-order chi connectivity index (χ0) is 20.2. The summed E-state index contributed by atoms with van der Waals surface area (Å²) in [6.07, 6.45) is 2.99. The van der Waals surface area contributed by atoms with Crippen LogP contribution in [0.25, 0.3) is 0 Å². The highest BCUT2D eigenvalue weighted by molar-refractivity contribution is 6.11. The van der Waals surface area contributed by atoms with Gasteiger partial charge < -0.3 is 9.80 Å². The predicted octanol–water partition coefficient (Wildman–Crippen LogP) is 3.02. The third-order valence-electron chi connectivity index (χ3n) is 6.67. The first-order valence-corrected chi connectivity index (χ1v) is 10.3. The normalized spacial score (nSPS) is 25.0. The maximum Gasteiger partial charge on any atom is 0.258 e. The highest BCUT2D eigenvalue weighted by Gasteiger charge is 2.54. The lowest BCUT2D eigenvalue weighted by molar-refractivity contribution is -0.137. The Morgan fingerprint density at radius 3 is 2.54 bits per heavy atom. The molecule has 1 aromatic rings. The second kappa shape index (κ2) is 6.61. The van der Waals surface area contributed by atoms with Crippen LogP contribution < -0.4 is 4.90 Å². The van der Waals surface area contributed by atoms with Crippen molar-refractivity contribution in [1.82, 2.24) is 9.80 Å². The second-order valence-electron chi connectivity index (χ2n) is 8.87. The number of hydrogen-bond donors (Lipinski definition) is 0. The Labute approximate surface area is 166 Å². The van der Waals surface area contributed by atoms with Crippen LogP contribution in [0, 0.1) is 5.92 Å². The van der Waals surface area contributed by atoms with Gasteiger partial charge in [0.1, 0.15) is 12.2 Å². The van der Waals surface area contributed by atoms with Crippen molar-refractivity contribution < 1.29 is 14.4 Å². The molecule has 150 valence electrons. The lowest BCUT2D eigenvalue weighted by Crippen LogP contribution is -2.64. The molecule has 2 atom stereocenters. The number of carbonyl (C=O) groups excluding carboxylic acids is 3. The van der Waals surface area contributed by atoms with Gasteiger partial charge in [0, 0.05) is 18.5 Å². The Morgan fingerprint density at radius 1 is 1.21 bits per heavy atom. The van der Waals surface area contributed by atoms with Crippen LogP contribution in [-0.4, -0.2) is 51.8 Å². The van der Waals surface area contributed by atoms with Gasteiger partial charge in [0.05, 0.1) is 11.3 Å². The monoisotopic (exact) mass is 383 g/mol. The van der Waals surface area contributed by atoms with Crippen LogP contribution in [0.3, 0.4) is 0 Å². The van der Waals surface area contributed by atoms with E-state index < -0.39 is 5.66 Å². The van der Waals surface area contributed by atoms with E-state index in [1.807, 2.05) is 24.0 Å². The summed E-state index contributed by atoms with van der Waals surface area (Å²) in [5.41, 5.74) is 0.378. The molecule has 0 aromatic heterocycles. The van der Waals surface area contributed by atoms with E-state index in [2.05, 4.69) is 20.8 Å². The maximum absolute atomic E-state index is 13.3. The van der Waals surface area contributed by atoms with E-state index in [9.17, 15) is 14.4 Å². The number of rotatable bonds is 5. The van der Waals surface area contributed by atoms with Gasteiger partial charge >= 0.3 is 0 Å². The van der Waals surface area contributed by atoms with Crippen molar-refractivity contribution >= 4 is 23.4 Å². The van der Waals surface area contributed by atoms with E-state index in [0.717, 1.165) is 12.8 Å². The fourth-order valence-corrected chi connectivity index (χ4v) is 4.60. The largest absolute Gasteiger partial charge is 0.335 e. The minimum absolute atomic E-state index is 0.00879. The standard InChI is InChI=1S/C22H29N3O3/c1-14(2)15(3)24(16-9-10-16)20(27)13-23-21(28)17-7-5-6-8-18(17)25-19(26)11-12-22(23,25)4/h5-8,14-16H,9-13H2,1-4H3. The summed E-state index contributed by atoms with van der Waals surface area (Å²) in [6, 6.07) is 7.63. The van der Waals surface area contributed by atoms with Crippen molar-refractivity contribution in [3.05, 3.63) is 29.8 Å². The predicted molar refractivity (Wildman–Crippen MR) is 107 cm³/mol. The molecule has 1 saturated heterocycles. The molecule has 6 heteroatoms. The lowest BCUT2D eigenvalue weighted by atomic mass is 9.98. The fraction of sp³-hybridized carbons (Fsp3) is 0.591. The Kier molecular flexibility index (Phi) is 4.47. The number of benzene rings is 1. The van der Waals surface area contributed by atoms with Gasteiger partial charge in [-0.25, -0.2) is 0 Å². The minimum Gasteiger partial charge on any atom is -0.335 e. The van der Waals surface area contributed by atoms with Crippen LogP contribution >= 0.6 is 0 Å². The van der Waals surface area contributed by atoms with Crippen molar-refractivity contribution in [2.24, 2.45) is 5.92 Å². The molecule has 0 radical (unpaired) electrons. The van der Waals surface area contributed by atoms with Gasteiger partial charge in [0.25, 0.3) is 5.91 Å². The smallest absolute Gasteiger partial charge is 0.258 e. The van der Waals surface area contributed by atoms with Gasteiger partial charge in [-0.1, -0.05) is 26.0 Å². The summed E-state index contributed by atoms with van der Waals surface area (Å²) >= 11 is 0. The van der Waals surface area contributed by atoms with Crippen molar-refractivity contribution in [1.29, 1.82) is 0 Å². The van der Waals surface area contributed by atoms with Crippen molar-refractivity contribution in [3.63, 3.8) is 0 Å². The van der Waals surface area contributed by atoms with Crippen LogP contribution in [0.1, 0.15) is 63.7 Å². The van der Waals surface area contributed by atoms with Gasteiger partial charge in [0.2, 0.25) is 11.8 Å². The molecule has 2 aliphatic heterocycles. The van der Waals surface area contributed by atoms with E-state index in [1.165, 1.54) is 0 Å². The molecule has 6 nitrogen and oxygen atoms in total. The molecule has 1 aliphatic carbocycles. The molecule has 3 aliphatic rings. The molecule has 28 heavy (non-hydrogen) atoms. The van der Waals surface area contributed by atoms with Crippen molar-refractivity contribution in [2.45, 2.75) is 71.1 Å². The molecular weight excluding hydrogens is 354 g/mol. The molecule has 0 bridgehead atoms. The number of hydrogen-bond acceptors (Lipinski definition) is 3. The van der Waals surface area contributed by atoms with Gasteiger partial charge in [-0.15, -0.1) is 0 Å². The van der Waals surface area contributed by atoms with Crippen LogP contribution in [0.4, 0.5) is 5.69 Å². The van der Waals surface area contributed by atoms with Crippen molar-refractivity contribution in [2.75, 3.05) is 11.4 Å². The molecule has 1 aromatic carbocycles. The fourth-order valence-electron chi connectivity index (χ4n) is 4.60. The van der Waals surface area contributed by atoms with Crippen molar-refractivity contribution in [3.8, 4) is 0 Å². The Morgan fingerprint density at radius 2 is 1.89 bits per heavy atom. The Hall–Kier alpha value is -2.37. The molecule has 2 unspecified atom stereocenters. The van der Waals surface area contributed by atoms with Crippen LogP contribution in [0.2, 0.25) is 0 Å². The van der Waals surface area contributed by atoms with Crippen LogP contribution in [0.5, 0.6) is 0 Å². The van der Waals surface area contributed by atoms with Gasteiger partial charge in [-0.3, -0.25) is 19.3 Å². The van der Waals surface area contributed by atoms with Gasteiger partial charge in [-0.2, -0.15) is 0 Å². The summed E-state index contributed by atoms with van der Waals surface area (Å²) in [5, 5.41) is 0. The molecular formula is C22H29N3O3.